The van der Waals surface area contributed by atoms with Gasteiger partial charge in [-0.25, -0.2) is 4.39 Å². The molecule has 0 spiro atoms. The molecule has 1 rings (SSSR count). The summed E-state index contributed by atoms with van der Waals surface area (Å²) in [4.78, 5) is 0. The molecule has 2 N–H and O–H groups in total. The zero-order chi connectivity index (χ0) is 9.68. The molecule has 72 valence electrons. The van der Waals surface area contributed by atoms with Crippen LogP contribution in [0.5, 0.6) is 5.75 Å². The molecule has 13 heavy (non-hydrogen) atoms. The van der Waals surface area contributed by atoms with E-state index in [0.717, 1.165) is 6.42 Å². The molecule has 1 aromatic carbocycles. The minimum Gasteiger partial charge on any atom is -0.486 e. The van der Waals surface area contributed by atoms with Crippen LogP contribution in [-0.2, 0) is 0 Å². The number of nitrogens with two attached hydrogens (primary N) is 1. The highest BCUT2D eigenvalue weighted by atomic mass is 19.1. The molecule has 0 bridgehead atoms. The highest BCUT2D eigenvalue weighted by molar-refractivity contribution is 5.23. The van der Waals surface area contributed by atoms with Crippen LogP contribution in [0.15, 0.2) is 24.3 Å². The molecule has 3 heteroatoms. The molecule has 0 radical (unpaired) electrons. The third-order valence-electron chi connectivity index (χ3n) is 1.85. The third-order valence-corrected chi connectivity index (χ3v) is 1.85. The summed E-state index contributed by atoms with van der Waals surface area (Å²) in [6, 6.07) is 6.35. The topological polar surface area (TPSA) is 35.2 Å². The average molecular weight is 183 g/mol. The number of ether oxygens (including phenoxy) is 1. The van der Waals surface area contributed by atoms with Gasteiger partial charge >= 0.3 is 0 Å². The van der Waals surface area contributed by atoms with Gasteiger partial charge in [0.15, 0.2) is 11.6 Å². The van der Waals surface area contributed by atoms with E-state index >= 15 is 0 Å². The summed E-state index contributed by atoms with van der Waals surface area (Å²) in [5.74, 6) is -0.0609. The van der Waals surface area contributed by atoms with Crippen molar-refractivity contribution in [1.82, 2.24) is 0 Å². The number of para-hydroxylation sites is 1. The quantitative estimate of drug-likeness (QED) is 0.774. The molecule has 0 unspecified atom stereocenters. The van der Waals surface area contributed by atoms with Crippen molar-refractivity contribution >= 4 is 0 Å². The third kappa shape index (κ3) is 2.70. The van der Waals surface area contributed by atoms with E-state index in [1.54, 1.807) is 18.2 Å². The Bertz CT molecular complexity index is 261. The van der Waals surface area contributed by atoms with Crippen LogP contribution in [0.1, 0.15) is 13.3 Å². The lowest BCUT2D eigenvalue weighted by atomic mass is 10.2. The van der Waals surface area contributed by atoms with Crippen LogP contribution in [-0.4, -0.2) is 12.6 Å². The van der Waals surface area contributed by atoms with Crippen molar-refractivity contribution in [2.24, 2.45) is 5.73 Å². The minimum atomic E-state index is -0.339. The summed E-state index contributed by atoms with van der Waals surface area (Å²) in [5.41, 5.74) is 5.43. The normalized spacial score (nSPS) is 12.5. The van der Waals surface area contributed by atoms with Gasteiger partial charge in [0.25, 0.3) is 0 Å². The van der Waals surface area contributed by atoms with Crippen molar-refractivity contribution in [3.63, 3.8) is 0 Å². The molecular weight excluding hydrogens is 169 g/mol. The van der Waals surface area contributed by atoms with Gasteiger partial charge in [0, 0.05) is 6.54 Å². The van der Waals surface area contributed by atoms with Crippen LogP contribution in [0.2, 0.25) is 0 Å². The van der Waals surface area contributed by atoms with Crippen LogP contribution in [0.4, 0.5) is 4.39 Å². The smallest absolute Gasteiger partial charge is 0.165 e. The van der Waals surface area contributed by atoms with E-state index in [1.807, 2.05) is 6.92 Å². The molecule has 0 amide bonds. The van der Waals surface area contributed by atoms with Gasteiger partial charge in [0.1, 0.15) is 6.10 Å². The van der Waals surface area contributed by atoms with Crippen LogP contribution in [0.3, 0.4) is 0 Å². The van der Waals surface area contributed by atoms with Gasteiger partial charge in [0.2, 0.25) is 0 Å². The Morgan fingerprint density at radius 2 is 2.15 bits per heavy atom. The lowest BCUT2D eigenvalue weighted by molar-refractivity contribution is 0.196. The van der Waals surface area contributed by atoms with Gasteiger partial charge in [-0.2, -0.15) is 0 Å². The number of halogens is 1. The molecule has 0 aliphatic carbocycles. The first-order chi connectivity index (χ1) is 6.27. The number of rotatable bonds is 4. The van der Waals surface area contributed by atoms with E-state index in [4.69, 9.17) is 10.5 Å². The highest BCUT2D eigenvalue weighted by Gasteiger charge is 2.08. The second-order valence-corrected chi connectivity index (χ2v) is 2.81. The molecule has 0 saturated carbocycles. The molecule has 0 heterocycles. The van der Waals surface area contributed by atoms with Crippen molar-refractivity contribution in [2.75, 3.05) is 6.54 Å². The van der Waals surface area contributed by atoms with Crippen molar-refractivity contribution in [1.29, 1.82) is 0 Å². The maximum atomic E-state index is 13.1. The van der Waals surface area contributed by atoms with Gasteiger partial charge in [-0.1, -0.05) is 19.1 Å². The Morgan fingerprint density at radius 3 is 2.69 bits per heavy atom. The van der Waals surface area contributed by atoms with E-state index in [-0.39, 0.29) is 17.7 Å². The van der Waals surface area contributed by atoms with Crippen LogP contribution in [0.25, 0.3) is 0 Å². The fraction of sp³-hybridized carbons (Fsp3) is 0.400. The summed E-state index contributed by atoms with van der Waals surface area (Å²) in [6.07, 6.45) is 0.682. The van der Waals surface area contributed by atoms with Crippen LogP contribution in [0, 0.1) is 5.82 Å². The molecule has 0 aliphatic rings. The second kappa shape index (κ2) is 4.82. The fourth-order valence-electron chi connectivity index (χ4n) is 1.02. The Hall–Kier alpha value is -1.09. The van der Waals surface area contributed by atoms with Crippen molar-refractivity contribution < 1.29 is 9.13 Å². The van der Waals surface area contributed by atoms with E-state index in [0.29, 0.717) is 6.54 Å². The van der Waals surface area contributed by atoms with Crippen LogP contribution < -0.4 is 10.5 Å². The first-order valence-electron chi connectivity index (χ1n) is 4.39. The van der Waals surface area contributed by atoms with Crippen molar-refractivity contribution in [3.05, 3.63) is 30.1 Å². The Morgan fingerprint density at radius 1 is 1.46 bits per heavy atom. The maximum Gasteiger partial charge on any atom is 0.165 e. The molecule has 0 aliphatic heterocycles. The monoisotopic (exact) mass is 183 g/mol. The molecule has 0 saturated heterocycles. The first kappa shape index (κ1) is 9.99. The molecule has 0 aromatic heterocycles. The number of hydrogen-bond acceptors (Lipinski definition) is 2. The molecule has 1 atom stereocenters. The van der Waals surface area contributed by atoms with Crippen molar-refractivity contribution in [2.45, 2.75) is 19.4 Å². The summed E-state index contributed by atoms with van der Waals surface area (Å²) in [6.45, 7) is 2.36. The molecule has 2 nitrogen and oxygen atoms in total. The van der Waals surface area contributed by atoms with E-state index in [2.05, 4.69) is 0 Å². The largest absolute Gasteiger partial charge is 0.486 e. The summed E-state index contributed by atoms with van der Waals surface area (Å²) in [7, 11) is 0. The molecule has 1 aromatic rings. The maximum absolute atomic E-state index is 13.1. The zero-order valence-corrected chi connectivity index (χ0v) is 7.66. The predicted octanol–water partition coefficient (Wildman–Crippen LogP) is 1.94. The number of hydrogen-bond donors (Lipinski definition) is 1. The highest BCUT2D eigenvalue weighted by Crippen LogP contribution is 2.17. The van der Waals surface area contributed by atoms with Gasteiger partial charge in [-0.15, -0.1) is 0 Å². The van der Waals surface area contributed by atoms with Gasteiger partial charge in [-0.3, -0.25) is 0 Å². The zero-order valence-electron chi connectivity index (χ0n) is 7.66. The van der Waals surface area contributed by atoms with Crippen LogP contribution >= 0.6 is 0 Å². The summed E-state index contributed by atoms with van der Waals surface area (Å²) >= 11 is 0. The van der Waals surface area contributed by atoms with E-state index < -0.39 is 0 Å². The average Bonchev–Trinajstić information content (AvgIpc) is 2.17. The van der Waals surface area contributed by atoms with E-state index in [9.17, 15) is 4.39 Å². The van der Waals surface area contributed by atoms with Gasteiger partial charge in [0.05, 0.1) is 0 Å². The Labute approximate surface area is 77.5 Å². The Balaban J connectivity index is 2.67. The standard InChI is InChI=1S/C10H14FNO/c1-2-8(7-12)13-10-6-4-3-5-9(10)11/h3-6,8H,2,7,12H2,1H3/t8-/m0/s1. The first-order valence-corrected chi connectivity index (χ1v) is 4.39. The lowest BCUT2D eigenvalue weighted by Gasteiger charge is -2.15. The SMILES string of the molecule is CC[C@@H](CN)Oc1ccccc1F. The van der Waals surface area contributed by atoms with Gasteiger partial charge in [-0.05, 0) is 18.6 Å². The Kier molecular flexibility index (Phi) is 3.71. The molecular formula is C10H14FNO. The fourth-order valence-corrected chi connectivity index (χ4v) is 1.02. The lowest BCUT2D eigenvalue weighted by Crippen LogP contribution is -2.26. The predicted molar refractivity (Wildman–Crippen MR) is 50.2 cm³/mol. The summed E-state index contributed by atoms with van der Waals surface area (Å²) < 4.78 is 18.4. The van der Waals surface area contributed by atoms with Crippen molar-refractivity contribution in [3.8, 4) is 5.75 Å². The number of benzene rings is 1. The minimum absolute atomic E-state index is 0.100. The second-order valence-electron chi connectivity index (χ2n) is 2.81. The molecule has 0 fully saturated rings. The van der Waals surface area contributed by atoms with E-state index in [1.165, 1.54) is 6.07 Å². The van der Waals surface area contributed by atoms with Gasteiger partial charge < -0.3 is 10.5 Å². The summed E-state index contributed by atoms with van der Waals surface area (Å²) in [5, 5.41) is 0.